The van der Waals surface area contributed by atoms with Crippen molar-refractivity contribution in [1.29, 1.82) is 0 Å². The van der Waals surface area contributed by atoms with Crippen molar-refractivity contribution in [3.63, 3.8) is 0 Å². The molecular formula is C14H10FN3O3S2. The first-order chi connectivity index (χ1) is 11.0. The highest BCUT2D eigenvalue weighted by atomic mass is 32.2. The van der Waals surface area contributed by atoms with Gasteiger partial charge in [-0.15, -0.1) is 11.3 Å². The summed E-state index contributed by atoms with van der Waals surface area (Å²) in [4.78, 5) is 27.6. The number of halogens is 1. The molecule has 0 bridgehead atoms. The monoisotopic (exact) mass is 351 g/mol. The molecule has 6 nitrogen and oxygen atoms in total. The number of thioether (sulfide) groups is 1. The standard InChI is InChI=1S/C14H10FN3O3S2/c1-17-13(19)8-5-6-22-12(8)16-14(17)23-7-9-10(15)3-2-4-11(9)18(20)21/h2-6H,7H2,1H3. The molecule has 0 radical (unpaired) electrons. The number of nitrogens with zero attached hydrogens (tertiary/aromatic N) is 3. The van der Waals surface area contributed by atoms with Crippen LogP contribution in [0.1, 0.15) is 5.56 Å². The highest BCUT2D eigenvalue weighted by Gasteiger charge is 2.19. The molecule has 0 aliphatic carbocycles. The summed E-state index contributed by atoms with van der Waals surface area (Å²) in [5.41, 5.74) is -0.482. The third-order valence-corrected chi connectivity index (χ3v) is 5.16. The number of benzene rings is 1. The molecule has 0 N–H and O–H groups in total. The van der Waals surface area contributed by atoms with Crippen molar-refractivity contribution in [2.45, 2.75) is 10.9 Å². The number of nitro groups is 1. The second-order valence-corrected chi connectivity index (χ2v) is 6.52. The van der Waals surface area contributed by atoms with E-state index in [1.807, 2.05) is 0 Å². The van der Waals surface area contributed by atoms with Crippen LogP contribution in [0, 0.1) is 15.9 Å². The summed E-state index contributed by atoms with van der Waals surface area (Å²) >= 11 is 2.43. The number of nitro benzene ring substituents is 1. The topological polar surface area (TPSA) is 78.0 Å². The lowest BCUT2D eigenvalue weighted by Crippen LogP contribution is -2.19. The van der Waals surface area contributed by atoms with E-state index in [1.54, 1.807) is 18.5 Å². The zero-order valence-corrected chi connectivity index (χ0v) is 13.5. The fourth-order valence-electron chi connectivity index (χ4n) is 2.11. The molecule has 0 spiro atoms. The van der Waals surface area contributed by atoms with Crippen LogP contribution >= 0.6 is 23.1 Å². The minimum atomic E-state index is -0.645. The van der Waals surface area contributed by atoms with E-state index in [1.165, 1.54) is 34.1 Å². The first kappa shape index (κ1) is 15.6. The molecule has 2 aromatic heterocycles. The van der Waals surface area contributed by atoms with Crippen molar-refractivity contribution in [1.82, 2.24) is 9.55 Å². The van der Waals surface area contributed by atoms with E-state index in [9.17, 15) is 19.3 Å². The van der Waals surface area contributed by atoms with E-state index < -0.39 is 10.7 Å². The Morgan fingerprint density at radius 3 is 2.96 bits per heavy atom. The van der Waals surface area contributed by atoms with Crippen LogP contribution in [-0.2, 0) is 12.8 Å². The van der Waals surface area contributed by atoms with E-state index >= 15 is 0 Å². The summed E-state index contributed by atoms with van der Waals surface area (Å²) in [7, 11) is 1.57. The molecule has 3 rings (SSSR count). The third kappa shape index (κ3) is 2.84. The number of thiophene rings is 1. The molecular weight excluding hydrogens is 341 g/mol. The van der Waals surface area contributed by atoms with Crippen LogP contribution in [0.3, 0.4) is 0 Å². The van der Waals surface area contributed by atoms with Gasteiger partial charge in [0.1, 0.15) is 10.6 Å². The lowest BCUT2D eigenvalue weighted by molar-refractivity contribution is -0.385. The number of hydrogen-bond donors (Lipinski definition) is 0. The smallest absolute Gasteiger partial charge is 0.276 e. The summed E-state index contributed by atoms with van der Waals surface area (Å²) in [5, 5.41) is 13.7. The SMILES string of the molecule is Cn1c(SCc2c(F)cccc2[N+](=O)[O-])nc2sccc2c1=O. The van der Waals surface area contributed by atoms with Crippen LogP contribution in [0.15, 0.2) is 39.6 Å². The first-order valence-electron chi connectivity index (χ1n) is 6.48. The molecule has 0 aliphatic heterocycles. The predicted octanol–water partition coefficient (Wildman–Crippen LogP) is 3.33. The van der Waals surface area contributed by atoms with Crippen LogP contribution in [-0.4, -0.2) is 14.5 Å². The fourth-order valence-corrected chi connectivity index (χ4v) is 3.91. The molecule has 0 saturated carbocycles. The molecule has 1 aromatic carbocycles. The van der Waals surface area contributed by atoms with E-state index in [4.69, 9.17) is 0 Å². The maximum absolute atomic E-state index is 13.9. The van der Waals surface area contributed by atoms with Crippen molar-refractivity contribution in [2.24, 2.45) is 7.05 Å². The minimum Gasteiger partial charge on any atom is -0.290 e. The number of aromatic nitrogens is 2. The van der Waals surface area contributed by atoms with Gasteiger partial charge < -0.3 is 0 Å². The molecule has 0 fully saturated rings. The zero-order chi connectivity index (χ0) is 16.6. The third-order valence-electron chi connectivity index (χ3n) is 3.30. The number of hydrogen-bond acceptors (Lipinski definition) is 6. The van der Waals surface area contributed by atoms with E-state index in [-0.39, 0.29) is 22.6 Å². The molecule has 0 aliphatic rings. The van der Waals surface area contributed by atoms with Crippen LogP contribution in [0.25, 0.3) is 10.2 Å². The van der Waals surface area contributed by atoms with Gasteiger partial charge >= 0.3 is 0 Å². The van der Waals surface area contributed by atoms with Gasteiger partial charge in [0.25, 0.3) is 11.2 Å². The van der Waals surface area contributed by atoms with E-state index in [2.05, 4.69) is 4.98 Å². The highest BCUT2D eigenvalue weighted by Crippen LogP contribution is 2.29. The van der Waals surface area contributed by atoms with Gasteiger partial charge in [-0.25, -0.2) is 9.37 Å². The van der Waals surface area contributed by atoms with Gasteiger partial charge in [0.05, 0.1) is 15.9 Å². The van der Waals surface area contributed by atoms with Crippen molar-refractivity contribution < 1.29 is 9.31 Å². The maximum atomic E-state index is 13.9. The zero-order valence-electron chi connectivity index (χ0n) is 11.9. The molecule has 0 atom stereocenters. The Balaban J connectivity index is 1.97. The second kappa shape index (κ2) is 6.09. The Kier molecular flexibility index (Phi) is 4.14. The second-order valence-electron chi connectivity index (χ2n) is 4.68. The van der Waals surface area contributed by atoms with E-state index in [0.29, 0.717) is 15.4 Å². The Labute approximate surface area is 137 Å². The summed E-state index contributed by atoms with van der Waals surface area (Å²) in [6.45, 7) is 0. The molecule has 2 heterocycles. The van der Waals surface area contributed by atoms with Crippen molar-refractivity contribution >= 4 is 39.0 Å². The van der Waals surface area contributed by atoms with Gasteiger partial charge in [-0.1, -0.05) is 17.8 Å². The minimum absolute atomic E-state index is 0.0111. The van der Waals surface area contributed by atoms with Gasteiger partial charge in [0, 0.05) is 18.9 Å². The van der Waals surface area contributed by atoms with Crippen LogP contribution in [0.2, 0.25) is 0 Å². The molecule has 0 saturated heterocycles. The van der Waals surface area contributed by atoms with Crippen LogP contribution in [0.5, 0.6) is 0 Å². The van der Waals surface area contributed by atoms with Crippen molar-refractivity contribution in [3.8, 4) is 0 Å². The van der Waals surface area contributed by atoms with Crippen molar-refractivity contribution in [3.05, 3.63) is 61.5 Å². The molecule has 118 valence electrons. The fraction of sp³-hybridized carbons (Fsp3) is 0.143. The number of fused-ring (bicyclic) bond motifs is 1. The van der Waals surface area contributed by atoms with Crippen molar-refractivity contribution in [2.75, 3.05) is 0 Å². The van der Waals surface area contributed by atoms with Gasteiger partial charge in [-0.05, 0) is 17.5 Å². The van der Waals surface area contributed by atoms with Gasteiger partial charge in [0.2, 0.25) is 0 Å². The maximum Gasteiger partial charge on any atom is 0.276 e. The quantitative estimate of drug-likeness (QED) is 0.312. The summed E-state index contributed by atoms with van der Waals surface area (Å²) < 4.78 is 15.3. The Bertz CT molecular complexity index is 968. The Morgan fingerprint density at radius 2 is 2.22 bits per heavy atom. The number of rotatable bonds is 4. The largest absolute Gasteiger partial charge is 0.290 e. The molecule has 9 heteroatoms. The summed E-state index contributed by atoms with van der Waals surface area (Å²) in [5.74, 6) is -0.630. The lowest BCUT2D eigenvalue weighted by Gasteiger charge is -2.08. The van der Waals surface area contributed by atoms with Crippen LogP contribution in [0.4, 0.5) is 10.1 Å². The van der Waals surface area contributed by atoms with Crippen LogP contribution < -0.4 is 5.56 Å². The predicted molar refractivity (Wildman–Crippen MR) is 87.5 cm³/mol. The Morgan fingerprint density at radius 1 is 1.43 bits per heavy atom. The van der Waals surface area contributed by atoms with E-state index in [0.717, 1.165) is 11.8 Å². The van der Waals surface area contributed by atoms with Gasteiger partial charge in [0.15, 0.2) is 5.16 Å². The summed E-state index contributed by atoms with van der Waals surface area (Å²) in [6, 6.07) is 5.44. The first-order valence-corrected chi connectivity index (χ1v) is 8.34. The average molecular weight is 351 g/mol. The lowest BCUT2D eigenvalue weighted by atomic mass is 10.2. The Hall–Kier alpha value is -2.26. The van der Waals surface area contributed by atoms with Gasteiger partial charge in [-0.2, -0.15) is 0 Å². The molecule has 23 heavy (non-hydrogen) atoms. The highest BCUT2D eigenvalue weighted by molar-refractivity contribution is 7.98. The normalized spacial score (nSPS) is 11.0. The average Bonchev–Trinajstić information content (AvgIpc) is 2.98. The van der Waals surface area contributed by atoms with Gasteiger partial charge in [-0.3, -0.25) is 19.5 Å². The molecule has 0 unspecified atom stereocenters. The molecule has 0 amide bonds. The molecule has 3 aromatic rings. The summed E-state index contributed by atoms with van der Waals surface area (Å²) in [6.07, 6.45) is 0.